The van der Waals surface area contributed by atoms with Crippen LogP contribution in [-0.4, -0.2) is 36.8 Å². The molecule has 0 bridgehead atoms. The molecule has 35 heavy (non-hydrogen) atoms. The Hall–Kier alpha value is -2.34. The Balaban J connectivity index is 2.13. The number of alkyl halides is 6. The summed E-state index contributed by atoms with van der Waals surface area (Å²) < 4.78 is 79.5. The highest BCUT2D eigenvalue weighted by Crippen LogP contribution is 2.38. The number of amides is 2. The number of carbonyl (C=O) groups is 2. The van der Waals surface area contributed by atoms with Crippen molar-refractivity contribution in [3.8, 4) is 0 Å². The molecule has 0 radical (unpaired) electrons. The summed E-state index contributed by atoms with van der Waals surface area (Å²) in [7, 11) is 0. The molecule has 0 aliphatic carbocycles. The van der Waals surface area contributed by atoms with Gasteiger partial charge in [-0.1, -0.05) is 56.1 Å². The van der Waals surface area contributed by atoms with Crippen molar-refractivity contribution in [1.29, 1.82) is 0 Å². The van der Waals surface area contributed by atoms with E-state index < -0.39 is 42.7 Å². The fourth-order valence-corrected chi connectivity index (χ4v) is 4.38. The van der Waals surface area contributed by atoms with Gasteiger partial charge in [-0.05, 0) is 54.8 Å². The molecular weight excluding hydrogens is 610 g/mol. The minimum atomic E-state index is -4.61. The largest absolute Gasteiger partial charge is 0.408 e. The molecule has 2 atom stereocenters. The number of aryl methyl sites for hydroxylation is 1. The van der Waals surface area contributed by atoms with Gasteiger partial charge in [-0.3, -0.25) is 9.59 Å². The zero-order valence-corrected chi connectivity index (χ0v) is 21.5. The molecule has 4 nitrogen and oxygen atoms in total. The van der Waals surface area contributed by atoms with E-state index in [-0.39, 0.29) is 11.1 Å². The zero-order chi connectivity index (χ0) is 26.6. The highest BCUT2D eigenvalue weighted by Gasteiger charge is 2.39. The molecule has 0 aliphatic rings. The van der Waals surface area contributed by atoms with Gasteiger partial charge in [-0.15, -0.1) is 0 Å². The van der Waals surface area contributed by atoms with Crippen molar-refractivity contribution in [1.82, 2.24) is 10.6 Å². The molecule has 2 rings (SSSR count). The number of hydrogen-bond acceptors (Lipinski definition) is 2. The Bertz CT molecular complexity index is 1100. The topological polar surface area (TPSA) is 58.2 Å². The Morgan fingerprint density at radius 3 is 2.09 bits per heavy atom. The van der Waals surface area contributed by atoms with E-state index in [0.29, 0.717) is 20.1 Å². The van der Waals surface area contributed by atoms with Crippen LogP contribution in [0, 0.1) is 6.92 Å². The highest BCUT2D eigenvalue weighted by atomic mass is 79.9. The van der Waals surface area contributed by atoms with E-state index in [2.05, 4.69) is 37.2 Å². The third-order valence-electron chi connectivity index (χ3n) is 4.85. The van der Waals surface area contributed by atoms with Crippen LogP contribution in [0.5, 0.6) is 0 Å². The second-order valence-corrected chi connectivity index (χ2v) is 9.50. The van der Waals surface area contributed by atoms with Crippen LogP contribution in [0.1, 0.15) is 39.9 Å². The first-order chi connectivity index (χ1) is 16.1. The predicted molar refractivity (Wildman–Crippen MR) is 127 cm³/mol. The van der Waals surface area contributed by atoms with Crippen molar-refractivity contribution in [2.75, 3.05) is 6.54 Å². The Morgan fingerprint density at radius 1 is 0.971 bits per heavy atom. The van der Waals surface area contributed by atoms with Crippen LogP contribution in [0.4, 0.5) is 26.3 Å². The molecule has 0 saturated carbocycles. The van der Waals surface area contributed by atoms with E-state index in [1.54, 1.807) is 18.3 Å². The molecule has 2 aromatic rings. The fraction of sp³-hybridized carbons (Fsp3) is 0.304. The summed E-state index contributed by atoms with van der Waals surface area (Å²) in [6, 6.07) is 6.57. The monoisotopic (exact) mass is 628 g/mol. The zero-order valence-electron chi connectivity index (χ0n) is 18.3. The first-order valence-corrected chi connectivity index (χ1v) is 11.6. The number of rotatable bonds is 7. The number of allylic oxidation sites excluding steroid dienone is 1. The summed E-state index contributed by atoms with van der Waals surface area (Å²) in [6.45, 7) is 1.65. The van der Waals surface area contributed by atoms with E-state index in [1.807, 2.05) is 0 Å². The molecule has 2 aromatic carbocycles. The summed E-state index contributed by atoms with van der Waals surface area (Å²) >= 11 is 6.37. The van der Waals surface area contributed by atoms with Gasteiger partial charge in [0.2, 0.25) is 5.91 Å². The molecule has 0 saturated heterocycles. The maximum Gasteiger partial charge on any atom is 0.408 e. The average molecular weight is 630 g/mol. The molecule has 2 amide bonds. The molecule has 0 aliphatic heterocycles. The number of nitrogens with one attached hydrogen (secondary N) is 2. The predicted octanol–water partition coefficient (Wildman–Crippen LogP) is 6.68. The quantitative estimate of drug-likeness (QED) is 0.336. The molecular formula is C23H20Br2F6N2O2. The Labute approximate surface area is 214 Å². The van der Waals surface area contributed by atoms with Crippen LogP contribution < -0.4 is 10.6 Å². The van der Waals surface area contributed by atoms with Gasteiger partial charge in [0.1, 0.15) is 6.04 Å². The summed E-state index contributed by atoms with van der Waals surface area (Å²) in [5.41, 5.74) is 0.963. The van der Waals surface area contributed by atoms with Gasteiger partial charge in [0.15, 0.2) is 0 Å². The first-order valence-electron chi connectivity index (χ1n) is 10.0. The highest BCUT2D eigenvalue weighted by molar-refractivity contribution is 9.11. The Morgan fingerprint density at radius 2 is 1.57 bits per heavy atom. The third-order valence-corrected chi connectivity index (χ3v) is 5.77. The summed E-state index contributed by atoms with van der Waals surface area (Å²) in [6.07, 6.45) is -6.86. The van der Waals surface area contributed by atoms with Crippen molar-refractivity contribution in [3.05, 3.63) is 73.7 Å². The molecule has 0 heterocycles. The fourth-order valence-electron chi connectivity index (χ4n) is 3.05. The van der Waals surface area contributed by atoms with Crippen LogP contribution in [0.25, 0.3) is 6.08 Å². The van der Waals surface area contributed by atoms with E-state index in [1.165, 1.54) is 36.4 Å². The van der Waals surface area contributed by atoms with E-state index >= 15 is 0 Å². The van der Waals surface area contributed by atoms with Crippen molar-refractivity contribution in [3.63, 3.8) is 0 Å². The molecule has 12 heteroatoms. The first kappa shape index (κ1) is 28.9. The van der Waals surface area contributed by atoms with Crippen molar-refractivity contribution >= 4 is 49.8 Å². The molecule has 190 valence electrons. The number of benzene rings is 2. The minimum Gasteiger partial charge on any atom is -0.343 e. The summed E-state index contributed by atoms with van der Waals surface area (Å²) in [5.74, 6) is -3.60. The van der Waals surface area contributed by atoms with Crippen molar-refractivity contribution in [2.45, 2.75) is 38.2 Å². The molecule has 0 fully saturated rings. The van der Waals surface area contributed by atoms with Crippen LogP contribution in [0.2, 0.25) is 0 Å². The Kier molecular flexibility index (Phi) is 9.57. The molecule has 0 spiro atoms. The van der Waals surface area contributed by atoms with E-state index in [0.717, 1.165) is 13.0 Å². The lowest BCUT2D eigenvalue weighted by Crippen LogP contribution is -2.47. The van der Waals surface area contributed by atoms with Crippen LogP contribution in [0.15, 0.2) is 51.4 Å². The normalized spacial score (nSPS) is 14.0. The lowest BCUT2D eigenvalue weighted by atomic mass is 9.96. The average Bonchev–Trinajstić information content (AvgIpc) is 2.70. The van der Waals surface area contributed by atoms with Gasteiger partial charge < -0.3 is 10.6 Å². The second-order valence-electron chi connectivity index (χ2n) is 7.67. The van der Waals surface area contributed by atoms with E-state index in [9.17, 15) is 35.9 Å². The van der Waals surface area contributed by atoms with Crippen LogP contribution >= 0.6 is 31.9 Å². The summed E-state index contributed by atoms with van der Waals surface area (Å²) in [5, 5.41) is 3.95. The molecule has 0 aromatic heterocycles. The lowest BCUT2D eigenvalue weighted by Gasteiger charge is -2.18. The number of carbonyl (C=O) groups excluding carboxylic acids is 2. The lowest BCUT2D eigenvalue weighted by molar-refractivity contribution is -0.157. The van der Waals surface area contributed by atoms with Crippen LogP contribution in [-0.2, 0) is 4.79 Å². The molecule has 2 unspecified atom stereocenters. The minimum absolute atomic E-state index is 0.0286. The van der Waals surface area contributed by atoms with Gasteiger partial charge in [0.25, 0.3) is 5.91 Å². The van der Waals surface area contributed by atoms with Crippen LogP contribution in [0.3, 0.4) is 0 Å². The van der Waals surface area contributed by atoms with Gasteiger partial charge in [-0.2, -0.15) is 26.3 Å². The smallest absolute Gasteiger partial charge is 0.343 e. The van der Waals surface area contributed by atoms with E-state index in [4.69, 9.17) is 0 Å². The van der Waals surface area contributed by atoms with Gasteiger partial charge >= 0.3 is 12.4 Å². The second kappa shape index (κ2) is 11.6. The van der Waals surface area contributed by atoms with Crippen molar-refractivity contribution in [2.24, 2.45) is 0 Å². The summed E-state index contributed by atoms with van der Waals surface area (Å²) in [4.78, 5) is 24.0. The SMILES string of the molecule is Cc1cc(C=CC(c2cc(Br)cc(Br)c2)C(F)(F)F)ccc1C(=O)NCC(=O)NC(C)C(F)(F)F. The van der Waals surface area contributed by atoms with Gasteiger partial charge in [-0.25, -0.2) is 0 Å². The maximum absolute atomic E-state index is 13.7. The molecule has 2 N–H and O–H groups in total. The van der Waals surface area contributed by atoms with Crippen molar-refractivity contribution < 1.29 is 35.9 Å². The van der Waals surface area contributed by atoms with Gasteiger partial charge in [0, 0.05) is 14.5 Å². The number of hydrogen-bond donors (Lipinski definition) is 2. The van der Waals surface area contributed by atoms with Gasteiger partial charge in [0.05, 0.1) is 12.5 Å². The third kappa shape index (κ3) is 8.68. The standard InChI is InChI=1S/C23H20Br2F6N2O2/c1-12-7-14(4-6-19(23(29,30)31)15-8-16(24)10-17(25)9-15)3-5-18(12)21(35)32-11-20(34)33-13(2)22(26,27)28/h3-10,13,19H,11H2,1-2H3,(H,32,35)(H,33,34). The maximum atomic E-state index is 13.7. The number of halogens is 8.